The quantitative estimate of drug-likeness (QED) is 0.589. The first kappa shape index (κ1) is 20.8. The minimum absolute atomic E-state index is 0.0759. The van der Waals surface area contributed by atoms with E-state index in [1.54, 1.807) is 17.0 Å². The number of ether oxygens (including phenoxy) is 1. The topological polar surface area (TPSA) is 96.0 Å². The Kier molecular flexibility index (Phi) is 5.88. The zero-order valence-electron chi connectivity index (χ0n) is 17.4. The fourth-order valence-corrected chi connectivity index (χ4v) is 4.31. The molecule has 2 aliphatic rings. The molecule has 2 heterocycles. The van der Waals surface area contributed by atoms with Crippen molar-refractivity contribution in [2.75, 3.05) is 25.1 Å². The van der Waals surface area contributed by atoms with Crippen LogP contribution in [0.3, 0.4) is 0 Å². The lowest BCUT2D eigenvalue weighted by Gasteiger charge is -2.32. The van der Waals surface area contributed by atoms with Gasteiger partial charge in [0.15, 0.2) is 0 Å². The first-order valence-corrected chi connectivity index (χ1v) is 10.4. The summed E-state index contributed by atoms with van der Waals surface area (Å²) in [6.45, 7) is 1.06. The minimum Gasteiger partial charge on any atom is -0.469 e. The number of likely N-dealkylation sites (tertiary alicyclic amines) is 1. The lowest BCUT2D eigenvalue weighted by atomic mass is 9.93. The van der Waals surface area contributed by atoms with Gasteiger partial charge in [0.05, 0.1) is 19.2 Å². The number of fused-ring (bicyclic) bond motifs is 1. The Morgan fingerprint density at radius 3 is 2.48 bits per heavy atom. The number of hydrogen-bond acceptors (Lipinski definition) is 5. The average molecular weight is 423 g/mol. The normalized spacial score (nSPS) is 19.6. The molecular weight excluding hydrogens is 398 g/mol. The summed E-state index contributed by atoms with van der Waals surface area (Å²) < 4.78 is 4.71. The summed E-state index contributed by atoms with van der Waals surface area (Å²) >= 11 is 0. The van der Waals surface area contributed by atoms with Crippen molar-refractivity contribution in [3.8, 4) is 0 Å². The average Bonchev–Trinajstić information content (AvgIpc) is 3.06. The highest BCUT2D eigenvalue weighted by Gasteiger charge is 2.41. The summed E-state index contributed by atoms with van der Waals surface area (Å²) in [4.78, 5) is 52.6. The van der Waals surface area contributed by atoms with Gasteiger partial charge in [-0.2, -0.15) is 0 Å². The van der Waals surface area contributed by atoms with Crippen LogP contribution in [0.25, 0.3) is 10.8 Å². The first-order chi connectivity index (χ1) is 15.0. The molecule has 2 saturated heterocycles. The van der Waals surface area contributed by atoms with Crippen molar-refractivity contribution in [1.82, 2.24) is 10.2 Å². The van der Waals surface area contributed by atoms with Crippen LogP contribution < -0.4 is 10.2 Å². The van der Waals surface area contributed by atoms with Gasteiger partial charge in [-0.1, -0.05) is 36.4 Å². The molecule has 2 fully saturated rings. The zero-order valence-corrected chi connectivity index (χ0v) is 17.4. The van der Waals surface area contributed by atoms with E-state index in [4.69, 9.17) is 4.74 Å². The number of carbonyl (C=O) groups is 4. The van der Waals surface area contributed by atoms with Gasteiger partial charge in [-0.15, -0.1) is 0 Å². The molecule has 0 unspecified atom stereocenters. The molecular formula is C23H25N3O5. The lowest BCUT2D eigenvalue weighted by Crippen LogP contribution is -2.43. The molecule has 0 aromatic heterocycles. The summed E-state index contributed by atoms with van der Waals surface area (Å²) in [5.41, 5.74) is 0.513. The van der Waals surface area contributed by atoms with Crippen molar-refractivity contribution < 1.29 is 23.9 Å². The maximum absolute atomic E-state index is 13.0. The Hall–Kier alpha value is -3.42. The van der Waals surface area contributed by atoms with Crippen molar-refractivity contribution in [2.45, 2.75) is 31.7 Å². The number of benzene rings is 2. The molecule has 162 valence electrons. The van der Waals surface area contributed by atoms with Crippen LogP contribution in [0, 0.1) is 5.92 Å². The molecule has 2 aromatic carbocycles. The van der Waals surface area contributed by atoms with Crippen LogP contribution in [-0.2, 0) is 19.1 Å². The number of piperidine rings is 1. The van der Waals surface area contributed by atoms with Gasteiger partial charge in [0, 0.05) is 24.9 Å². The molecule has 0 radical (unpaired) electrons. The standard InChI is InChI=1S/C23H25N3O5/c1-31-21(28)13-15-9-11-25(12-10-15)20(27)14-18-22(29)26(23(30)24-18)19-8-4-6-16-5-2-3-7-17(16)19/h2-8,15,18H,9-14H2,1H3,(H,24,30)/t18-/m0/s1. The Morgan fingerprint density at radius 1 is 1.03 bits per heavy atom. The van der Waals surface area contributed by atoms with E-state index in [9.17, 15) is 19.2 Å². The van der Waals surface area contributed by atoms with Crippen molar-refractivity contribution in [3.63, 3.8) is 0 Å². The van der Waals surface area contributed by atoms with Gasteiger partial charge >= 0.3 is 12.0 Å². The number of imide groups is 1. The number of anilines is 1. The smallest absolute Gasteiger partial charge is 0.329 e. The monoisotopic (exact) mass is 423 g/mol. The number of nitrogens with one attached hydrogen (secondary N) is 1. The molecule has 0 spiro atoms. The molecule has 31 heavy (non-hydrogen) atoms. The van der Waals surface area contributed by atoms with E-state index < -0.39 is 18.0 Å². The third-order valence-electron chi connectivity index (χ3n) is 6.06. The number of nitrogens with zero attached hydrogens (tertiary/aromatic N) is 2. The molecule has 4 rings (SSSR count). The second-order valence-electron chi connectivity index (χ2n) is 7.98. The molecule has 2 aromatic rings. The Morgan fingerprint density at radius 2 is 1.74 bits per heavy atom. The molecule has 1 atom stereocenters. The van der Waals surface area contributed by atoms with Gasteiger partial charge in [-0.25, -0.2) is 9.69 Å². The van der Waals surface area contributed by atoms with Gasteiger partial charge in [0.25, 0.3) is 5.91 Å². The van der Waals surface area contributed by atoms with Crippen LogP contribution in [0.2, 0.25) is 0 Å². The molecule has 2 aliphatic heterocycles. The van der Waals surface area contributed by atoms with Crippen LogP contribution >= 0.6 is 0 Å². The molecule has 0 saturated carbocycles. The predicted octanol–water partition coefficient (Wildman–Crippen LogP) is 2.46. The highest BCUT2D eigenvalue weighted by atomic mass is 16.5. The van der Waals surface area contributed by atoms with E-state index in [0.717, 1.165) is 15.7 Å². The van der Waals surface area contributed by atoms with Gasteiger partial charge in [0.1, 0.15) is 6.04 Å². The molecule has 1 N–H and O–H groups in total. The fraction of sp³-hybridized carbons (Fsp3) is 0.391. The third kappa shape index (κ3) is 4.23. The number of rotatable bonds is 5. The van der Waals surface area contributed by atoms with Crippen LogP contribution in [-0.4, -0.2) is 55.0 Å². The minimum atomic E-state index is -0.883. The summed E-state index contributed by atoms with van der Waals surface area (Å²) in [5, 5.41) is 4.38. The van der Waals surface area contributed by atoms with E-state index in [2.05, 4.69) is 5.32 Å². The van der Waals surface area contributed by atoms with Crippen molar-refractivity contribution in [2.24, 2.45) is 5.92 Å². The summed E-state index contributed by atoms with van der Waals surface area (Å²) in [6, 6.07) is 11.6. The molecule has 0 bridgehead atoms. The van der Waals surface area contributed by atoms with E-state index >= 15 is 0 Å². The number of methoxy groups -OCH3 is 1. The SMILES string of the molecule is COC(=O)CC1CCN(C(=O)C[C@@H]2NC(=O)N(c3cccc4ccccc34)C2=O)CC1. The number of amides is 4. The Bertz CT molecular complexity index is 1020. The fourth-order valence-electron chi connectivity index (χ4n) is 4.31. The van der Waals surface area contributed by atoms with Gasteiger partial charge < -0.3 is 15.0 Å². The van der Waals surface area contributed by atoms with Crippen LogP contribution in [0.15, 0.2) is 42.5 Å². The van der Waals surface area contributed by atoms with Gasteiger partial charge in [-0.05, 0) is 30.2 Å². The molecule has 4 amide bonds. The number of esters is 1. The van der Waals surface area contributed by atoms with Crippen molar-refractivity contribution in [1.29, 1.82) is 0 Å². The van der Waals surface area contributed by atoms with Crippen molar-refractivity contribution in [3.05, 3.63) is 42.5 Å². The largest absolute Gasteiger partial charge is 0.469 e. The maximum atomic E-state index is 13.0. The Labute approximate surface area is 180 Å². The lowest BCUT2D eigenvalue weighted by molar-refractivity contribution is -0.142. The van der Waals surface area contributed by atoms with Crippen LogP contribution in [0.5, 0.6) is 0 Å². The van der Waals surface area contributed by atoms with E-state index in [1.807, 2.05) is 30.3 Å². The van der Waals surface area contributed by atoms with Gasteiger partial charge in [-0.3, -0.25) is 14.4 Å². The zero-order chi connectivity index (χ0) is 22.0. The Balaban J connectivity index is 1.40. The van der Waals surface area contributed by atoms with Crippen LogP contribution in [0.1, 0.15) is 25.7 Å². The molecule has 0 aliphatic carbocycles. The van der Waals surface area contributed by atoms with Crippen LogP contribution in [0.4, 0.5) is 10.5 Å². The second kappa shape index (κ2) is 8.75. The first-order valence-electron chi connectivity index (χ1n) is 10.4. The molecule has 8 heteroatoms. The number of carbonyl (C=O) groups excluding carboxylic acids is 4. The van der Waals surface area contributed by atoms with Gasteiger partial charge in [0.2, 0.25) is 5.91 Å². The summed E-state index contributed by atoms with van der Waals surface area (Å²) in [6.07, 6.45) is 1.71. The van der Waals surface area contributed by atoms with E-state index in [-0.39, 0.29) is 24.2 Å². The van der Waals surface area contributed by atoms with Crippen molar-refractivity contribution >= 4 is 40.3 Å². The highest BCUT2D eigenvalue weighted by molar-refractivity contribution is 6.24. The number of urea groups is 1. The third-order valence-corrected chi connectivity index (χ3v) is 6.06. The highest BCUT2D eigenvalue weighted by Crippen LogP contribution is 2.30. The summed E-state index contributed by atoms with van der Waals surface area (Å²) in [5.74, 6) is -0.631. The maximum Gasteiger partial charge on any atom is 0.329 e. The predicted molar refractivity (Wildman–Crippen MR) is 114 cm³/mol. The van der Waals surface area contributed by atoms with E-state index in [1.165, 1.54) is 7.11 Å². The number of hydrogen-bond donors (Lipinski definition) is 1. The summed E-state index contributed by atoms with van der Waals surface area (Å²) in [7, 11) is 1.37. The van der Waals surface area contributed by atoms with E-state index in [0.29, 0.717) is 38.0 Å². The second-order valence-corrected chi connectivity index (χ2v) is 7.98. The molecule has 8 nitrogen and oxygen atoms in total.